The van der Waals surface area contributed by atoms with Crippen molar-refractivity contribution in [2.45, 2.75) is 20.3 Å². The van der Waals surface area contributed by atoms with Gasteiger partial charge in [0.1, 0.15) is 0 Å². The first-order valence-corrected chi connectivity index (χ1v) is 3.26. The van der Waals surface area contributed by atoms with Gasteiger partial charge in [-0.1, -0.05) is 32.0 Å². The van der Waals surface area contributed by atoms with E-state index in [2.05, 4.69) is 20.4 Å². The highest BCUT2D eigenvalue weighted by molar-refractivity contribution is 6.29. The van der Waals surface area contributed by atoms with Crippen molar-refractivity contribution in [1.82, 2.24) is 0 Å². The Balaban J connectivity index is 2.48. The van der Waals surface area contributed by atoms with Gasteiger partial charge in [-0.15, -0.1) is 0 Å². The zero-order chi connectivity index (χ0) is 6.36. The zero-order valence-corrected chi connectivity index (χ0v) is 6.13. The van der Waals surface area contributed by atoms with Gasteiger partial charge < -0.3 is 0 Å². The van der Waals surface area contributed by atoms with E-state index in [1.807, 2.05) is 0 Å². The van der Waals surface area contributed by atoms with E-state index in [9.17, 15) is 0 Å². The van der Waals surface area contributed by atoms with Gasteiger partial charge >= 0.3 is 0 Å². The number of hydrogen-bond donors (Lipinski definition) is 0. The molecule has 0 aromatic carbocycles. The summed E-state index contributed by atoms with van der Waals surface area (Å²) in [7, 11) is 0. The van der Waals surface area contributed by atoms with E-state index in [1.165, 1.54) is 6.42 Å². The molecule has 1 atom stereocenters. The summed E-state index contributed by atoms with van der Waals surface area (Å²) in [5.74, 6) is 0.587. The minimum atomic E-state index is 0.457. The van der Waals surface area contributed by atoms with Gasteiger partial charge in [-0.3, -0.25) is 0 Å². The van der Waals surface area contributed by atoms with Crippen LogP contribution in [0.15, 0.2) is 11.6 Å². The number of rotatable bonds is 1. The van der Waals surface area contributed by atoms with Gasteiger partial charge in [0, 0.05) is 5.03 Å². The Morgan fingerprint density at radius 3 is 2.12 bits per heavy atom. The smallest absolute Gasteiger partial charge is 0.0145 e. The molecule has 1 fully saturated rings. The molecule has 0 nitrogen and oxygen atoms in total. The highest BCUT2D eigenvalue weighted by Gasteiger charge is 2.46. The third-order valence-corrected chi connectivity index (χ3v) is 2.15. The first-order valence-electron chi connectivity index (χ1n) is 2.88. The van der Waals surface area contributed by atoms with Crippen LogP contribution < -0.4 is 0 Å². The van der Waals surface area contributed by atoms with Crippen molar-refractivity contribution < 1.29 is 0 Å². The van der Waals surface area contributed by atoms with E-state index in [4.69, 9.17) is 11.6 Å². The number of halogens is 1. The fourth-order valence-electron chi connectivity index (χ4n) is 1.00. The molecule has 46 valence electrons. The maximum Gasteiger partial charge on any atom is 0.0145 e. The van der Waals surface area contributed by atoms with Crippen LogP contribution >= 0.6 is 11.6 Å². The second-order valence-corrected chi connectivity index (χ2v) is 3.68. The molecule has 1 heteroatoms. The quantitative estimate of drug-likeness (QED) is 0.512. The first-order chi connectivity index (χ1) is 3.54. The van der Waals surface area contributed by atoms with Crippen LogP contribution in [-0.2, 0) is 0 Å². The van der Waals surface area contributed by atoms with Crippen molar-refractivity contribution in [1.29, 1.82) is 0 Å². The highest BCUT2D eigenvalue weighted by atomic mass is 35.5. The molecule has 1 saturated carbocycles. The van der Waals surface area contributed by atoms with Gasteiger partial charge in [-0.05, 0) is 17.8 Å². The summed E-state index contributed by atoms with van der Waals surface area (Å²) >= 11 is 5.67. The Morgan fingerprint density at radius 2 is 2.12 bits per heavy atom. The highest BCUT2D eigenvalue weighted by Crippen LogP contribution is 2.56. The molecule has 0 aromatic heterocycles. The average molecular weight is 131 g/mol. The Hall–Kier alpha value is 0.0300. The summed E-state index contributed by atoms with van der Waals surface area (Å²) in [6, 6.07) is 0. The van der Waals surface area contributed by atoms with Gasteiger partial charge in [0.2, 0.25) is 0 Å². The Bertz CT molecular complexity index is 124. The van der Waals surface area contributed by atoms with Crippen LogP contribution in [0.4, 0.5) is 0 Å². The molecule has 0 aliphatic heterocycles. The van der Waals surface area contributed by atoms with E-state index in [0.717, 1.165) is 5.03 Å². The lowest BCUT2D eigenvalue weighted by Crippen LogP contribution is -1.87. The SMILES string of the molecule is C=C(Cl)C1CC1(C)C. The minimum absolute atomic E-state index is 0.457. The molecule has 0 N–H and O–H groups in total. The molecule has 0 spiro atoms. The molecule has 0 radical (unpaired) electrons. The minimum Gasteiger partial charge on any atom is -0.0895 e. The molecular weight excluding hydrogens is 120 g/mol. The molecule has 1 rings (SSSR count). The zero-order valence-electron chi connectivity index (χ0n) is 5.37. The lowest BCUT2D eigenvalue weighted by atomic mass is 10.1. The molecule has 0 heterocycles. The van der Waals surface area contributed by atoms with Crippen LogP contribution in [0, 0.1) is 11.3 Å². The van der Waals surface area contributed by atoms with E-state index in [1.54, 1.807) is 0 Å². The van der Waals surface area contributed by atoms with Gasteiger partial charge in [-0.25, -0.2) is 0 Å². The summed E-state index contributed by atoms with van der Waals surface area (Å²) in [6.45, 7) is 8.11. The van der Waals surface area contributed by atoms with Crippen LogP contribution in [0.5, 0.6) is 0 Å². The molecule has 0 saturated heterocycles. The molecule has 1 aliphatic carbocycles. The third kappa shape index (κ3) is 0.899. The average Bonchev–Trinajstić information content (AvgIpc) is 2.13. The standard InChI is InChI=1S/C7H11Cl/c1-5(8)6-4-7(6,2)3/h6H,1,4H2,2-3H3. The van der Waals surface area contributed by atoms with E-state index >= 15 is 0 Å². The Kier molecular flexibility index (Phi) is 1.16. The van der Waals surface area contributed by atoms with Crippen LogP contribution in [0.1, 0.15) is 20.3 Å². The van der Waals surface area contributed by atoms with E-state index in [-0.39, 0.29) is 0 Å². The van der Waals surface area contributed by atoms with Crippen LogP contribution in [0.25, 0.3) is 0 Å². The normalized spacial score (nSPS) is 32.1. The van der Waals surface area contributed by atoms with Gasteiger partial charge in [0.25, 0.3) is 0 Å². The lowest BCUT2D eigenvalue weighted by Gasteiger charge is -1.97. The van der Waals surface area contributed by atoms with Crippen molar-refractivity contribution in [3.63, 3.8) is 0 Å². The third-order valence-electron chi connectivity index (χ3n) is 1.89. The van der Waals surface area contributed by atoms with Crippen LogP contribution in [-0.4, -0.2) is 0 Å². The number of hydrogen-bond acceptors (Lipinski definition) is 0. The summed E-state index contributed by atoms with van der Waals surface area (Å²) in [6.07, 6.45) is 1.22. The van der Waals surface area contributed by atoms with E-state index < -0.39 is 0 Å². The molecule has 0 amide bonds. The van der Waals surface area contributed by atoms with Crippen molar-refractivity contribution in [3.8, 4) is 0 Å². The number of allylic oxidation sites excluding steroid dienone is 1. The second-order valence-electron chi connectivity index (χ2n) is 3.19. The molecule has 0 aromatic rings. The lowest BCUT2D eigenvalue weighted by molar-refractivity contribution is 0.607. The first kappa shape index (κ1) is 6.15. The summed E-state index contributed by atoms with van der Waals surface area (Å²) in [5, 5.41) is 0.829. The monoisotopic (exact) mass is 130 g/mol. The van der Waals surface area contributed by atoms with Gasteiger partial charge in [0.05, 0.1) is 0 Å². The Morgan fingerprint density at radius 1 is 1.75 bits per heavy atom. The predicted molar refractivity (Wildman–Crippen MR) is 36.9 cm³/mol. The summed E-state index contributed by atoms with van der Waals surface area (Å²) in [5.41, 5.74) is 0.457. The maximum atomic E-state index is 5.67. The predicted octanol–water partition coefficient (Wildman–Crippen LogP) is 2.79. The summed E-state index contributed by atoms with van der Waals surface area (Å²) in [4.78, 5) is 0. The molecule has 0 bridgehead atoms. The molecular formula is C7H11Cl. The molecule has 1 unspecified atom stereocenters. The fraction of sp³-hybridized carbons (Fsp3) is 0.714. The molecule has 1 aliphatic rings. The van der Waals surface area contributed by atoms with Crippen LogP contribution in [0.2, 0.25) is 0 Å². The van der Waals surface area contributed by atoms with Crippen LogP contribution in [0.3, 0.4) is 0 Å². The van der Waals surface area contributed by atoms with Crippen molar-refractivity contribution in [3.05, 3.63) is 11.6 Å². The van der Waals surface area contributed by atoms with Gasteiger partial charge in [0.15, 0.2) is 0 Å². The summed E-state index contributed by atoms with van der Waals surface area (Å²) < 4.78 is 0. The maximum absolute atomic E-state index is 5.67. The van der Waals surface area contributed by atoms with E-state index in [0.29, 0.717) is 11.3 Å². The largest absolute Gasteiger partial charge is 0.0895 e. The van der Waals surface area contributed by atoms with Gasteiger partial charge in [-0.2, -0.15) is 0 Å². The molecule has 8 heavy (non-hydrogen) atoms. The van der Waals surface area contributed by atoms with Crippen molar-refractivity contribution >= 4 is 11.6 Å². The van der Waals surface area contributed by atoms with Crippen molar-refractivity contribution in [2.75, 3.05) is 0 Å². The Labute approximate surface area is 55.5 Å². The second kappa shape index (κ2) is 1.51. The topological polar surface area (TPSA) is 0 Å². The fourth-order valence-corrected chi connectivity index (χ4v) is 1.37. The van der Waals surface area contributed by atoms with Crippen molar-refractivity contribution in [2.24, 2.45) is 11.3 Å².